The minimum atomic E-state index is -1.01. The van der Waals surface area contributed by atoms with Crippen molar-refractivity contribution in [1.82, 2.24) is 19.5 Å². The van der Waals surface area contributed by atoms with E-state index in [1.807, 2.05) is 50.2 Å². The Hall–Kier alpha value is -4.72. The van der Waals surface area contributed by atoms with E-state index < -0.39 is 5.97 Å². The quantitative estimate of drug-likeness (QED) is 0.310. The molecular weight excluding hydrogens is 454 g/mol. The first kappa shape index (κ1) is 23.0. The first-order valence-electron chi connectivity index (χ1n) is 11.5. The molecule has 0 aliphatic rings. The molecule has 5 rings (SSSR count). The molecule has 0 amide bonds. The summed E-state index contributed by atoms with van der Waals surface area (Å²) in [7, 11) is 1.72. The SMILES string of the molecule is Cc1cc([C@@H](C)Nc2ccccc2C(=O)O)c2nc(-c3ccc(-c4cnc[nH]4)cc3)n(C)c(=O)c2c1. The van der Waals surface area contributed by atoms with Gasteiger partial charge >= 0.3 is 5.97 Å². The van der Waals surface area contributed by atoms with Crippen LogP contribution in [0.4, 0.5) is 5.69 Å². The molecule has 0 bridgehead atoms. The summed E-state index contributed by atoms with van der Waals surface area (Å²) in [6.07, 6.45) is 3.38. The van der Waals surface area contributed by atoms with Gasteiger partial charge in [0.1, 0.15) is 5.82 Å². The summed E-state index contributed by atoms with van der Waals surface area (Å²) in [6, 6.07) is 18.1. The Balaban J connectivity index is 1.61. The molecule has 0 spiro atoms. The molecule has 0 saturated heterocycles. The molecule has 180 valence electrons. The fourth-order valence-electron chi connectivity index (χ4n) is 4.46. The topological polar surface area (TPSA) is 113 Å². The van der Waals surface area contributed by atoms with E-state index in [4.69, 9.17) is 4.98 Å². The third kappa shape index (κ3) is 4.13. The molecule has 2 aromatic heterocycles. The van der Waals surface area contributed by atoms with E-state index in [0.29, 0.717) is 22.4 Å². The van der Waals surface area contributed by atoms with Crippen molar-refractivity contribution in [2.45, 2.75) is 19.9 Å². The Morgan fingerprint density at radius 1 is 1.08 bits per heavy atom. The van der Waals surface area contributed by atoms with E-state index in [1.165, 1.54) is 0 Å². The van der Waals surface area contributed by atoms with Crippen molar-refractivity contribution in [1.29, 1.82) is 0 Å². The van der Waals surface area contributed by atoms with Gasteiger partial charge in [-0.15, -0.1) is 0 Å². The maximum absolute atomic E-state index is 13.4. The lowest BCUT2D eigenvalue weighted by atomic mass is 10.00. The van der Waals surface area contributed by atoms with Crippen LogP contribution in [0.25, 0.3) is 33.5 Å². The Morgan fingerprint density at radius 3 is 2.50 bits per heavy atom. The fraction of sp³-hybridized carbons (Fsp3) is 0.143. The number of imidazole rings is 1. The molecule has 0 fully saturated rings. The van der Waals surface area contributed by atoms with E-state index >= 15 is 0 Å². The number of anilines is 1. The molecule has 8 heteroatoms. The number of nitrogens with zero attached hydrogens (tertiary/aromatic N) is 3. The second-order valence-corrected chi connectivity index (χ2v) is 8.81. The van der Waals surface area contributed by atoms with E-state index in [2.05, 4.69) is 15.3 Å². The van der Waals surface area contributed by atoms with E-state index in [0.717, 1.165) is 27.9 Å². The predicted molar refractivity (Wildman–Crippen MR) is 140 cm³/mol. The molecule has 3 N–H and O–H groups in total. The monoisotopic (exact) mass is 479 g/mol. The first-order chi connectivity index (χ1) is 17.3. The van der Waals surface area contributed by atoms with Crippen LogP contribution in [0.5, 0.6) is 0 Å². The Kier molecular flexibility index (Phi) is 5.85. The number of aromatic carboxylic acids is 1. The summed E-state index contributed by atoms with van der Waals surface area (Å²) in [5.74, 6) is -0.459. The van der Waals surface area contributed by atoms with Crippen LogP contribution in [0.3, 0.4) is 0 Å². The van der Waals surface area contributed by atoms with Crippen LogP contribution in [-0.4, -0.2) is 30.6 Å². The highest BCUT2D eigenvalue weighted by molar-refractivity contribution is 5.94. The Bertz CT molecular complexity index is 1640. The second-order valence-electron chi connectivity index (χ2n) is 8.81. The lowest BCUT2D eigenvalue weighted by Gasteiger charge is -2.20. The van der Waals surface area contributed by atoms with Crippen molar-refractivity contribution in [2.75, 3.05) is 5.32 Å². The standard InChI is InChI=1S/C28H25N5O3/c1-16-12-21(17(2)31-23-7-5-4-6-20(23)28(35)36)25-22(13-16)27(34)33(3)26(32-25)19-10-8-18(9-11-19)24-14-29-15-30-24/h4-15,17,31H,1-3H3,(H,29,30)(H,35,36)/t17-/m1/s1. The number of aromatic amines is 1. The highest BCUT2D eigenvalue weighted by Crippen LogP contribution is 2.29. The molecule has 8 nitrogen and oxygen atoms in total. The largest absolute Gasteiger partial charge is 0.478 e. The van der Waals surface area contributed by atoms with Crippen molar-refractivity contribution < 1.29 is 9.90 Å². The van der Waals surface area contributed by atoms with E-state index in [9.17, 15) is 14.7 Å². The molecule has 36 heavy (non-hydrogen) atoms. The second kappa shape index (κ2) is 9.14. The smallest absolute Gasteiger partial charge is 0.337 e. The Labute approximate surface area is 207 Å². The highest BCUT2D eigenvalue weighted by Gasteiger charge is 2.19. The van der Waals surface area contributed by atoms with Crippen LogP contribution in [0.2, 0.25) is 0 Å². The molecule has 5 aromatic rings. The molecule has 0 aliphatic carbocycles. The first-order valence-corrected chi connectivity index (χ1v) is 11.5. The van der Waals surface area contributed by atoms with Crippen LogP contribution >= 0.6 is 0 Å². The average Bonchev–Trinajstić information content (AvgIpc) is 3.41. The zero-order valence-corrected chi connectivity index (χ0v) is 20.1. The van der Waals surface area contributed by atoms with Gasteiger partial charge in [-0.3, -0.25) is 9.36 Å². The molecule has 0 aliphatic heterocycles. The third-order valence-electron chi connectivity index (χ3n) is 6.30. The summed E-state index contributed by atoms with van der Waals surface area (Å²) in [5, 5.41) is 13.4. The minimum absolute atomic E-state index is 0.143. The van der Waals surface area contributed by atoms with Gasteiger partial charge in [0.05, 0.1) is 40.7 Å². The van der Waals surface area contributed by atoms with E-state index in [1.54, 1.807) is 48.4 Å². The number of carboxylic acid groups (broad SMARTS) is 1. The summed E-state index contributed by atoms with van der Waals surface area (Å²) in [4.78, 5) is 37.2. The van der Waals surface area contributed by atoms with Crippen LogP contribution in [0, 0.1) is 6.92 Å². The molecular formula is C28H25N5O3. The van der Waals surface area contributed by atoms with Crippen LogP contribution < -0.4 is 10.9 Å². The van der Waals surface area contributed by atoms with Crippen LogP contribution in [0.15, 0.2) is 78.0 Å². The number of para-hydroxylation sites is 1. The van der Waals surface area contributed by atoms with Gasteiger partial charge in [-0.25, -0.2) is 14.8 Å². The zero-order valence-electron chi connectivity index (χ0n) is 20.1. The van der Waals surface area contributed by atoms with Crippen LogP contribution in [-0.2, 0) is 7.05 Å². The number of hydrogen-bond acceptors (Lipinski definition) is 5. The number of fused-ring (bicyclic) bond motifs is 1. The van der Waals surface area contributed by atoms with Crippen molar-refractivity contribution >= 4 is 22.6 Å². The number of carbonyl (C=O) groups is 1. The molecule has 0 unspecified atom stereocenters. The van der Waals surface area contributed by atoms with Gasteiger partial charge in [0.25, 0.3) is 5.56 Å². The predicted octanol–water partition coefficient (Wildman–Crippen LogP) is 5.17. The number of rotatable bonds is 6. The number of aryl methyl sites for hydroxylation is 1. The molecule has 1 atom stereocenters. The fourth-order valence-corrected chi connectivity index (χ4v) is 4.46. The minimum Gasteiger partial charge on any atom is -0.478 e. The van der Waals surface area contributed by atoms with Gasteiger partial charge < -0.3 is 15.4 Å². The van der Waals surface area contributed by atoms with Crippen LogP contribution in [0.1, 0.15) is 34.5 Å². The number of aromatic nitrogens is 4. The molecule has 3 aromatic carbocycles. The van der Waals surface area contributed by atoms with Crippen molar-refractivity contribution in [2.24, 2.45) is 7.05 Å². The maximum Gasteiger partial charge on any atom is 0.337 e. The van der Waals surface area contributed by atoms with Gasteiger partial charge in [0.2, 0.25) is 0 Å². The number of carboxylic acids is 1. The number of benzene rings is 3. The van der Waals surface area contributed by atoms with Gasteiger partial charge in [-0.1, -0.05) is 42.5 Å². The van der Waals surface area contributed by atoms with E-state index in [-0.39, 0.29) is 17.2 Å². The lowest BCUT2D eigenvalue weighted by Crippen LogP contribution is -2.22. The summed E-state index contributed by atoms with van der Waals surface area (Å²) >= 11 is 0. The highest BCUT2D eigenvalue weighted by atomic mass is 16.4. The summed E-state index contributed by atoms with van der Waals surface area (Å²) in [5.41, 5.74) is 5.57. The number of nitrogens with one attached hydrogen (secondary N) is 2. The van der Waals surface area contributed by atoms with Crippen molar-refractivity contribution in [3.8, 4) is 22.6 Å². The maximum atomic E-state index is 13.4. The zero-order chi connectivity index (χ0) is 25.4. The summed E-state index contributed by atoms with van der Waals surface area (Å²) in [6.45, 7) is 3.87. The number of H-pyrrole nitrogens is 1. The molecule has 2 heterocycles. The van der Waals surface area contributed by atoms with Crippen molar-refractivity contribution in [3.63, 3.8) is 0 Å². The third-order valence-corrected chi connectivity index (χ3v) is 6.30. The average molecular weight is 480 g/mol. The molecule has 0 radical (unpaired) electrons. The normalized spacial score (nSPS) is 12.0. The summed E-state index contributed by atoms with van der Waals surface area (Å²) < 4.78 is 1.56. The van der Waals surface area contributed by atoms with Gasteiger partial charge in [-0.2, -0.15) is 0 Å². The lowest BCUT2D eigenvalue weighted by molar-refractivity contribution is 0.0698. The van der Waals surface area contributed by atoms with Gasteiger partial charge in [-0.05, 0) is 43.2 Å². The number of hydrogen-bond donors (Lipinski definition) is 3. The Morgan fingerprint density at radius 2 is 1.81 bits per heavy atom. The van der Waals surface area contributed by atoms with Crippen molar-refractivity contribution in [3.05, 3.63) is 100 Å². The van der Waals surface area contributed by atoms with Gasteiger partial charge in [0, 0.05) is 23.9 Å². The molecule has 0 saturated carbocycles. The van der Waals surface area contributed by atoms with Gasteiger partial charge in [0.15, 0.2) is 0 Å².